The van der Waals surface area contributed by atoms with Gasteiger partial charge in [0.15, 0.2) is 0 Å². The van der Waals surface area contributed by atoms with Crippen molar-refractivity contribution in [1.82, 2.24) is 15.3 Å². The largest absolute Gasteiger partial charge is 0.370 e. The van der Waals surface area contributed by atoms with E-state index < -0.39 is 0 Å². The first-order valence-corrected chi connectivity index (χ1v) is 7.68. The van der Waals surface area contributed by atoms with Crippen molar-refractivity contribution in [3.8, 4) is 0 Å². The van der Waals surface area contributed by atoms with Crippen molar-refractivity contribution in [2.75, 3.05) is 42.6 Å². The van der Waals surface area contributed by atoms with Gasteiger partial charge in [-0.1, -0.05) is 20.8 Å². The summed E-state index contributed by atoms with van der Waals surface area (Å²) in [5.74, 6) is 2.06. The fourth-order valence-electron chi connectivity index (χ4n) is 2.47. The molecule has 4 N–H and O–H groups in total. The number of nitrogens with zero attached hydrogens (tertiary/aromatic N) is 3. The lowest BCUT2D eigenvalue weighted by atomic mass is 9.92. The lowest BCUT2D eigenvalue weighted by Crippen LogP contribution is -2.30. The molecule has 6 heteroatoms. The van der Waals surface area contributed by atoms with Crippen LogP contribution in [0.3, 0.4) is 0 Å². The van der Waals surface area contributed by atoms with Crippen LogP contribution in [0, 0.1) is 5.41 Å². The van der Waals surface area contributed by atoms with Crippen LogP contribution in [0.4, 0.5) is 17.6 Å². The van der Waals surface area contributed by atoms with E-state index in [1.807, 2.05) is 13.1 Å². The fourth-order valence-corrected chi connectivity index (χ4v) is 2.47. The Hall–Kier alpha value is -1.56. The van der Waals surface area contributed by atoms with Crippen LogP contribution in [0.15, 0.2) is 6.07 Å². The van der Waals surface area contributed by atoms with E-state index in [0.29, 0.717) is 17.4 Å². The van der Waals surface area contributed by atoms with Gasteiger partial charge in [-0.15, -0.1) is 0 Å². The Kier molecular flexibility index (Phi) is 4.88. The van der Waals surface area contributed by atoms with Gasteiger partial charge in [0.1, 0.15) is 11.6 Å². The molecule has 1 atom stereocenters. The van der Waals surface area contributed by atoms with Crippen LogP contribution in [0.5, 0.6) is 0 Å². The van der Waals surface area contributed by atoms with E-state index in [1.165, 1.54) is 0 Å². The molecule has 2 rings (SSSR count). The summed E-state index contributed by atoms with van der Waals surface area (Å²) in [5.41, 5.74) is 6.16. The Morgan fingerprint density at radius 3 is 2.76 bits per heavy atom. The number of rotatable bonds is 5. The highest BCUT2D eigenvalue weighted by Gasteiger charge is 2.22. The van der Waals surface area contributed by atoms with Crippen molar-refractivity contribution in [2.45, 2.75) is 39.7 Å². The van der Waals surface area contributed by atoms with Gasteiger partial charge in [0, 0.05) is 31.7 Å². The number of likely N-dealkylation sites (N-methyl/N-ethyl adjacent to an activating group) is 1. The van der Waals surface area contributed by atoms with Crippen molar-refractivity contribution < 1.29 is 0 Å². The topological polar surface area (TPSA) is 79.1 Å². The summed E-state index contributed by atoms with van der Waals surface area (Å²) in [6.07, 6.45) is 2.21. The number of hydrogen-bond acceptors (Lipinski definition) is 6. The zero-order valence-electron chi connectivity index (χ0n) is 13.6. The first-order valence-electron chi connectivity index (χ1n) is 7.68. The van der Waals surface area contributed by atoms with Gasteiger partial charge in [-0.2, -0.15) is 9.97 Å². The highest BCUT2D eigenvalue weighted by Crippen LogP contribution is 2.22. The van der Waals surface area contributed by atoms with Crippen LogP contribution in [0.2, 0.25) is 0 Å². The third kappa shape index (κ3) is 4.74. The second kappa shape index (κ2) is 6.47. The Bertz CT molecular complexity index is 468. The van der Waals surface area contributed by atoms with Gasteiger partial charge in [0.2, 0.25) is 5.95 Å². The van der Waals surface area contributed by atoms with E-state index in [9.17, 15) is 0 Å². The van der Waals surface area contributed by atoms with Crippen molar-refractivity contribution >= 4 is 17.6 Å². The molecular weight excluding hydrogens is 264 g/mol. The number of nitrogen functional groups attached to an aromatic ring is 1. The molecule has 0 aliphatic carbocycles. The van der Waals surface area contributed by atoms with Gasteiger partial charge in [-0.3, -0.25) is 0 Å². The zero-order valence-corrected chi connectivity index (χ0v) is 13.6. The predicted molar refractivity (Wildman–Crippen MR) is 88.7 cm³/mol. The zero-order chi connectivity index (χ0) is 15.5. The SMILES string of the molecule is CN[C@H]1CCN(c2cc(NCCC(C)(C)C)nc(N)n2)C1. The van der Waals surface area contributed by atoms with Crippen LogP contribution in [-0.2, 0) is 0 Å². The number of anilines is 3. The first-order chi connectivity index (χ1) is 9.87. The Morgan fingerprint density at radius 1 is 1.38 bits per heavy atom. The number of nitrogens with two attached hydrogens (primary N) is 1. The van der Waals surface area contributed by atoms with Gasteiger partial charge < -0.3 is 21.3 Å². The minimum absolute atomic E-state index is 0.309. The number of aromatic nitrogens is 2. The molecular formula is C15H28N6. The molecule has 6 nitrogen and oxygen atoms in total. The fraction of sp³-hybridized carbons (Fsp3) is 0.733. The molecule has 21 heavy (non-hydrogen) atoms. The van der Waals surface area contributed by atoms with Crippen molar-refractivity contribution in [1.29, 1.82) is 0 Å². The minimum Gasteiger partial charge on any atom is -0.370 e. The molecule has 1 fully saturated rings. The first kappa shape index (κ1) is 15.8. The maximum absolute atomic E-state index is 5.85. The van der Waals surface area contributed by atoms with Crippen LogP contribution in [-0.4, -0.2) is 42.7 Å². The second-order valence-electron chi connectivity index (χ2n) is 6.93. The summed E-state index contributed by atoms with van der Waals surface area (Å²) in [5, 5.41) is 6.67. The van der Waals surface area contributed by atoms with Crippen LogP contribution in [0.25, 0.3) is 0 Å². The number of nitrogens with one attached hydrogen (secondary N) is 2. The lowest BCUT2D eigenvalue weighted by Gasteiger charge is -2.20. The van der Waals surface area contributed by atoms with Gasteiger partial charge in [0.25, 0.3) is 0 Å². The maximum atomic E-state index is 5.85. The van der Waals surface area contributed by atoms with Crippen LogP contribution < -0.4 is 21.3 Å². The van der Waals surface area contributed by atoms with E-state index in [2.05, 4.69) is 46.3 Å². The lowest BCUT2D eigenvalue weighted by molar-refractivity contribution is 0.389. The predicted octanol–water partition coefficient (Wildman–Crippen LogP) is 1.70. The average Bonchev–Trinajstić information content (AvgIpc) is 2.85. The van der Waals surface area contributed by atoms with Crippen molar-refractivity contribution in [3.63, 3.8) is 0 Å². The molecule has 0 unspecified atom stereocenters. The molecule has 1 saturated heterocycles. The molecule has 1 aliphatic heterocycles. The highest BCUT2D eigenvalue weighted by atomic mass is 15.3. The van der Waals surface area contributed by atoms with E-state index in [0.717, 1.165) is 44.1 Å². The molecule has 1 aliphatic rings. The molecule has 0 saturated carbocycles. The molecule has 0 aromatic carbocycles. The summed E-state index contributed by atoms with van der Waals surface area (Å²) in [4.78, 5) is 10.9. The van der Waals surface area contributed by atoms with Crippen LogP contribution >= 0.6 is 0 Å². The van der Waals surface area contributed by atoms with Crippen molar-refractivity contribution in [3.05, 3.63) is 6.07 Å². The number of hydrogen-bond donors (Lipinski definition) is 3. The maximum Gasteiger partial charge on any atom is 0.223 e. The van der Waals surface area contributed by atoms with Gasteiger partial charge in [-0.25, -0.2) is 0 Å². The third-order valence-corrected chi connectivity index (χ3v) is 3.83. The monoisotopic (exact) mass is 292 g/mol. The normalized spacial score (nSPS) is 19.0. The summed E-state index contributed by atoms with van der Waals surface area (Å²) >= 11 is 0. The molecule has 2 heterocycles. The highest BCUT2D eigenvalue weighted by molar-refractivity contribution is 5.53. The van der Waals surface area contributed by atoms with Gasteiger partial charge in [0.05, 0.1) is 0 Å². The standard InChI is InChI=1S/C15H28N6/c1-15(2,3)6-7-18-12-9-13(20-14(16)19-12)21-8-5-11(10-21)17-4/h9,11,17H,5-8,10H2,1-4H3,(H3,16,18,19,20)/t11-/m0/s1. The summed E-state index contributed by atoms with van der Waals surface area (Å²) in [6, 6.07) is 2.52. The minimum atomic E-state index is 0.309. The second-order valence-corrected chi connectivity index (χ2v) is 6.93. The van der Waals surface area contributed by atoms with E-state index in [4.69, 9.17) is 5.73 Å². The van der Waals surface area contributed by atoms with E-state index in [-0.39, 0.29) is 0 Å². The Balaban J connectivity index is 2.00. The van der Waals surface area contributed by atoms with Gasteiger partial charge in [-0.05, 0) is 25.3 Å². The van der Waals surface area contributed by atoms with E-state index >= 15 is 0 Å². The summed E-state index contributed by atoms with van der Waals surface area (Å²) < 4.78 is 0. The van der Waals surface area contributed by atoms with E-state index in [1.54, 1.807) is 0 Å². The Labute approximate surface area is 127 Å². The molecule has 0 amide bonds. The van der Waals surface area contributed by atoms with Crippen molar-refractivity contribution in [2.24, 2.45) is 5.41 Å². The molecule has 0 spiro atoms. The Morgan fingerprint density at radius 2 is 2.14 bits per heavy atom. The third-order valence-electron chi connectivity index (χ3n) is 3.83. The molecule has 118 valence electrons. The molecule has 1 aromatic rings. The van der Waals surface area contributed by atoms with Gasteiger partial charge >= 0.3 is 0 Å². The average molecular weight is 292 g/mol. The smallest absolute Gasteiger partial charge is 0.223 e. The summed E-state index contributed by atoms with van der Waals surface area (Å²) in [7, 11) is 2.00. The van der Waals surface area contributed by atoms with Crippen LogP contribution in [0.1, 0.15) is 33.6 Å². The molecule has 0 bridgehead atoms. The quantitative estimate of drug-likeness (QED) is 0.766. The molecule has 0 radical (unpaired) electrons. The summed E-state index contributed by atoms with van der Waals surface area (Å²) in [6.45, 7) is 9.56. The molecule has 1 aromatic heterocycles.